The number of morpholine rings is 1. The molecule has 1 aliphatic heterocycles. The van der Waals surface area contributed by atoms with Crippen molar-refractivity contribution in [1.82, 2.24) is 15.3 Å². The highest BCUT2D eigenvalue weighted by Gasteiger charge is 2.17. The first-order valence-electron chi connectivity index (χ1n) is 4.88. The van der Waals surface area contributed by atoms with Crippen molar-refractivity contribution in [3.05, 3.63) is 23.3 Å². The van der Waals surface area contributed by atoms with Crippen molar-refractivity contribution in [2.24, 2.45) is 0 Å². The zero-order valence-electron chi connectivity index (χ0n) is 8.58. The summed E-state index contributed by atoms with van der Waals surface area (Å²) in [5.41, 5.74) is 2.19. The summed E-state index contributed by atoms with van der Waals surface area (Å²) in [5.74, 6) is 0.822. The van der Waals surface area contributed by atoms with E-state index in [1.807, 2.05) is 20.0 Å². The van der Waals surface area contributed by atoms with E-state index in [-0.39, 0.29) is 6.04 Å². The van der Waals surface area contributed by atoms with E-state index in [0.717, 1.165) is 30.2 Å². The molecule has 1 atom stereocenters. The fourth-order valence-corrected chi connectivity index (χ4v) is 1.70. The van der Waals surface area contributed by atoms with E-state index in [9.17, 15) is 0 Å². The predicted octanol–water partition coefficient (Wildman–Crippen LogP) is 0.754. The van der Waals surface area contributed by atoms with Gasteiger partial charge in [0.1, 0.15) is 5.82 Å². The summed E-state index contributed by atoms with van der Waals surface area (Å²) in [5, 5.41) is 3.39. The van der Waals surface area contributed by atoms with Gasteiger partial charge in [-0.15, -0.1) is 0 Å². The van der Waals surface area contributed by atoms with Crippen LogP contribution in [0.1, 0.15) is 23.1 Å². The Hall–Kier alpha value is -1.00. The van der Waals surface area contributed by atoms with Crippen molar-refractivity contribution in [1.29, 1.82) is 0 Å². The second-order valence-corrected chi connectivity index (χ2v) is 3.54. The molecule has 76 valence electrons. The molecule has 1 aromatic rings. The normalized spacial score (nSPS) is 22.3. The minimum absolute atomic E-state index is 0.254. The van der Waals surface area contributed by atoms with Gasteiger partial charge in [0.05, 0.1) is 19.3 Å². The van der Waals surface area contributed by atoms with E-state index in [1.54, 1.807) is 0 Å². The fraction of sp³-hybridized carbons (Fsp3) is 0.600. The van der Waals surface area contributed by atoms with Crippen LogP contribution in [0.5, 0.6) is 0 Å². The number of aryl methyl sites for hydroxylation is 2. The van der Waals surface area contributed by atoms with Gasteiger partial charge in [-0.05, 0) is 13.8 Å². The van der Waals surface area contributed by atoms with Crippen LogP contribution in [-0.2, 0) is 4.74 Å². The Morgan fingerprint density at radius 1 is 1.50 bits per heavy atom. The lowest BCUT2D eigenvalue weighted by atomic mass is 10.1. The highest BCUT2D eigenvalue weighted by molar-refractivity contribution is 5.20. The molecule has 0 saturated carbocycles. The lowest BCUT2D eigenvalue weighted by molar-refractivity contribution is 0.0764. The third-order valence-electron chi connectivity index (χ3n) is 2.43. The molecule has 0 aromatic carbocycles. The lowest BCUT2D eigenvalue weighted by Gasteiger charge is -2.24. The number of nitrogens with zero attached hydrogens (tertiary/aromatic N) is 2. The molecule has 1 unspecified atom stereocenters. The Labute approximate surface area is 83.7 Å². The summed E-state index contributed by atoms with van der Waals surface area (Å²) >= 11 is 0. The maximum atomic E-state index is 5.40. The van der Waals surface area contributed by atoms with Crippen LogP contribution in [0.15, 0.2) is 6.20 Å². The van der Waals surface area contributed by atoms with Gasteiger partial charge in [0.2, 0.25) is 0 Å². The van der Waals surface area contributed by atoms with E-state index >= 15 is 0 Å². The predicted molar refractivity (Wildman–Crippen MR) is 53.1 cm³/mol. The number of aromatic nitrogens is 2. The Morgan fingerprint density at radius 2 is 2.36 bits per heavy atom. The standard InChI is InChI=1S/C10H15N3O/c1-7-9(5-12-8(2)13-7)10-6-14-4-3-11-10/h5,10-11H,3-4,6H2,1-2H3. The quantitative estimate of drug-likeness (QED) is 0.715. The van der Waals surface area contributed by atoms with Crippen LogP contribution in [-0.4, -0.2) is 29.7 Å². The number of rotatable bonds is 1. The van der Waals surface area contributed by atoms with E-state index in [0.29, 0.717) is 6.61 Å². The first kappa shape index (κ1) is 9.55. The average molecular weight is 193 g/mol. The largest absolute Gasteiger partial charge is 0.378 e. The van der Waals surface area contributed by atoms with E-state index in [4.69, 9.17) is 4.74 Å². The third-order valence-corrected chi connectivity index (χ3v) is 2.43. The first-order valence-corrected chi connectivity index (χ1v) is 4.88. The smallest absolute Gasteiger partial charge is 0.125 e. The highest BCUT2D eigenvalue weighted by atomic mass is 16.5. The Kier molecular flexibility index (Phi) is 2.74. The van der Waals surface area contributed by atoms with Crippen molar-refractivity contribution >= 4 is 0 Å². The average Bonchev–Trinajstić information content (AvgIpc) is 2.19. The maximum Gasteiger partial charge on any atom is 0.125 e. The van der Waals surface area contributed by atoms with Crippen molar-refractivity contribution in [3.63, 3.8) is 0 Å². The van der Waals surface area contributed by atoms with Crippen molar-refractivity contribution in [3.8, 4) is 0 Å². The second kappa shape index (κ2) is 4.02. The van der Waals surface area contributed by atoms with Gasteiger partial charge < -0.3 is 10.1 Å². The summed E-state index contributed by atoms with van der Waals surface area (Å²) < 4.78 is 5.40. The molecular formula is C10H15N3O. The van der Waals surface area contributed by atoms with Crippen molar-refractivity contribution in [2.75, 3.05) is 19.8 Å². The molecule has 1 N–H and O–H groups in total. The maximum absolute atomic E-state index is 5.40. The van der Waals surface area contributed by atoms with E-state index in [1.165, 1.54) is 0 Å². The molecule has 14 heavy (non-hydrogen) atoms. The Morgan fingerprint density at radius 3 is 3.00 bits per heavy atom. The van der Waals surface area contributed by atoms with Gasteiger partial charge >= 0.3 is 0 Å². The van der Waals surface area contributed by atoms with Crippen LogP contribution in [0.2, 0.25) is 0 Å². The SMILES string of the molecule is Cc1ncc(C2COCCN2)c(C)n1. The summed E-state index contributed by atoms with van der Waals surface area (Å²) in [6.45, 7) is 6.33. The van der Waals surface area contributed by atoms with E-state index in [2.05, 4.69) is 15.3 Å². The van der Waals surface area contributed by atoms with Gasteiger partial charge in [0, 0.05) is 24.0 Å². The van der Waals surface area contributed by atoms with Crippen LogP contribution >= 0.6 is 0 Å². The fourth-order valence-electron chi connectivity index (χ4n) is 1.70. The molecule has 0 amide bonds. The summed E-state index contributed by atoms with van der Waals surface area (Å²) in [4.78, 5) is 8.55. The summed E-state index contributed by atoms with van der Waals surface area (Å²) in [7, 11) is 0. The Bertz CT molecular complexity index is 321. The molecule has 1 saturated heterocycles. The molecule has 1 fully saturated rings. The highest BCUT2D eigenvalue weighted by Crippen LogP contribution is 2.17. The number of hydrogen-bond acceptors (Lipinski definition) is 4. The van der Waals surface area contributed by atoms with Gasteiger partial charge in [-0.3, -0.25) is 0 Å². The molecule has 1 aromatic heterocycles. The molecular weight excluding hydrogens is 178 g/mol. The summed E-state index contributed by atoms with van der Waals surface area (Å²) in [6.07, 6.45) is 1.89. The molecule has 0 aliphatic carbocycles. The first-order chi connectivity index (χ1) is 6.77. The van der Waals surface area contributed by atoms with Crippen LogP contribution in [0, 0.1) is 13.8 Å². The van der Waals surface area contributed by atoms with Crippen molar-refractivity contribution < 1.29 is 4.74 Å². The van der Waals surface area contributed by atoms with Crippen molar-refractivity contribution in [2.45, 2.75) is 19.9 Å². The molecule has 4 nitrogen and oxygen atoms in total. The van der Waals surface area contributed by atoms with Crippen LogP contribution in [0.4, 0.5) is 0 Å². The number of hydrogen-bond donors (Lipinski definition) is 1. The molecule has 0 radical (unpaired) electrons. The van der Waals surface area contributed by atoms with Crippen LogP contribution in [0.3, 0.4) is 0 Å². The van der Waals surface area contributed by atoms with Gasteiger partial charge in [0.15, 0.2) is 0 Å². The van der Waals surface area contributed by atoms with E-state index < -0.39 is 0 Å². The van der Waals surface area contributed by atoms with Gasteiger partial charge in [-0.1, -0.05) is 0 Å². The summed E-state index contributed by atoms with van der Waals surface area (Å²) in [6, 6.07) is 0.254. The van der Waals surface area contributed by atoms with Gasteiger partial charge in [-0.25, -0.2) is 9.97 Å². The number of nitrogens with one attached hydrogen (secondary N) is 1. The molecule has 1 aliphatic rings. The van der Waals surface area contributed by atoms with Crippen LogP contribution < -0.4 is 5.32 Å². The molecule has 4 heteroatoms. The lowest BCUT2D eigenvalue weighted by Crippen LogP contribution is -2.35. The minimum atomic E-state index is 0.254. The minimum Gasteiger partial charge on any atom is -0.378 e. The molecule has 2 rings (SSSR count). The van der Waals surface area contributed by atoms with Gasteiger partial charge in [-0.2, -0.15) is 0 Å². The molecule has 0 spiro atoms. The second-order valence-electron chi connectivity index (χ2n) is 3.54. The topological polar surface area (TPSA) is 47.0 Å². The number of ether oxygens (including phenoxy) is 1. The molecule has 0 bridgehead atoms. The van der Waals surface area contributed by atoms with Crippen LogP contribution in [0.25, 0.3) is 0 Å². The van der Waals surface area contributed by atoms with Gasteiger partial charge in [0.25, 0.3) is 0 Å². The Balaban J connectivity index is 2.22. The zero-order valence-corrected chi connectivity index (χ0v) is 8.58. The monoisotopic (exact) mass is 193 g/mol. The zero-order chi connectivity index (χ0) is 9.97. The molecule has 2 heterocycles. The third kappa shape index (κ3) is 1.91.